The Kier molecular flexibility index (Phi) is 52.8. The largest absolute Gasteiger partial charge is 4.00 e. The van der Waals surface area contributed by atoms with Crippen molar-refractivity contribution in [3.8, 4) is 0 Å². The summed E-state index contributed by atoms with van der Waals surface area (Å²) < 4.78 is 102. The molecule has 0 saturated carbocycles. The molecule has 24 heavy (non-hydrogen) atoms. The van der Waals surface area contributed by atoms with Crippen molar-refractivity contribution in [2.75, 3.05) is 13.1 Å². The normalized spacial score (nSPS) is 9.00. The topological polar surface area (TPSA) is 395 Å². The fourth-order valence-corrected chi connectivity index (χ4v) is 0.177. The molecule has 0 atom stereocenters. The zero-order valence-electron chi connectivity index (χ0n) is 11.9. The Morgan fingerprint density at radius 2 is 0.625 bits per heavy atom. The molecule has 0 amide bonds. The Morgan fingerprint density at radius 3 is 0.625 bits per heavy atom. The molecule has 0 saturated heterocycles. The molecular formula is C3H21N2O15S3Zr+3. The van der Waals surface area contributed by atoms with Crippen molar-refractivity contribution in [1.82, 2.24) is 0 Å². The molecule has 0 heterocycles. The molecule has 152 valence electrons. The smallest absolute Gasteiger partial charge is 0.759 e. The van der Waals surface area contributed by atoms with Crippen LogP contribution >= 0.6 is 0 Å². The quantitative estimate of drug-likeness (QED) is 0.198. The van der Waals surface area contributed by atoms with Crippen LogP contribution < -0.4 is 11.5 Å². The third kappa shape index (κ3) is 1920. The number of hydrogen-bond acceptors (Lipinski definition) is 12. The van der Waals surface area contributed by atoms with Crippen molar-refractivity contribution in [2.24, 2.45) is 0 Å². The van der Waals surface area contributed by atoms with Gasteiger partial charge in [-0.05, 0) is 0 Å². The Morgan fingerprint density at radius 1 is 0.542 bits per heavy atom. The summed E-state index contributed by atoms with van der Waals surface area (Å²) in [4.78, 5) is 0. The molecule has 15 N–H and O–H groups in total. The Hall–Kier alpha value is 0.293. The van der Waals surface area contributed by atoms with E-state index in [0.29, 0.717) is 0 Å². The van der Waals surface area contributed by atoms with E-state index in [2.05, 4.69) is 11.5 Å². The maximum atomic E-state index is 8.52. The van der Waals surface area contributed by atoms with Crippen LogP contribution in [0.5, 0.6) is 0 Å². The minimum atomic E-state index is -5.17. The van der Waals surface area contributed by atoms with Gasteiger partial charge in [-0.15, -0.1) is 0 Å². The van der Waals surface area contributed by atoms with Crippen molar-refractivity contribution in [2.45, 2.75) is 6.42 Å². The van der Waals surface area contributed by atoms with Gasteiger partial charge in [0.2, 0.25) is 0 Å². The first-order valence-electron chi connectivity index (χ1n) is 4.00. The predicted octanol–water partition coefficient (Wildman–Crippen LogP) is -8.92. The molecule has 0 unspecified atom stereocenters. The number of hydrogen-bond donors (Lipinski definition) is 2. The summed E-state index contributed by atoms with van der Waals surface area (Å²) in [6.07, 6.45) is 1.17. The molecule has 0 aliphatic carbocycles. The van der Waals surface area contributed by atoms with E-state index in [1.165, 1.54) is 6.42 Å². The Bertz CT molecular complexity index is 401. The van der Waals surface area contributed by atoms with Crippen LogP contribution in [0.3, 0.4) is 0 Å². The van der Waals surface area contributed by atoms with Gasteiger partial charge in [0.1, 0.15) is 0 Å². The first-order valence-corrected chi connectivity index (χ1v) is 8.00. The summed E-state index contributed by atoms with van der Waals surface area (Å²) in [7, 11) is -15.5. The second-order valence-electron chi connectivity index (χ2n) is 2.29. The molecule has 0 rings (SSSR count). The van der Waals surface area contributed by atoms with Gasteiger partial charge in [-0.25, -0.2) is 0 Å². The second kappa shape index (κ2) is 25.5. The van der Waals surface area contributed by atoms with Crippen molar-refractivity contribution in [1.29, 1.82) is 0 Å². The zero-order valence-corrected chi connectivity index (χ0v) is 16.8. The third-order valence-electron chi connectivity index (χ3n) is 0.500. The van der Waals surface area contributed by atoms with Crippen molar-refractivity contribution >= 4 is 31.2 Å². The number of rotatable bonds is 2. The summed E-state index contributed by atoms with van der Waals surface area (Å²) >= 11 is 0. The molecule has 0 aliphatic rings. The van der Waals surface area contributed by atoms with E-state index in [-0.39, 0.29) is 42.6 Å². The molecule has 0 aliphatic heterocycles. The minimum Gasteiger partial charge on any atom is -0.759 e. The van der Waals surface area contributed by atoms with Crippen molar-refractivity contribution in [3.05, 3.63) is 0 Å². The second-order valence-corrected chi connectivity index (χ2v) is 4.73. The van der Waals surface area contributed by atoms with Crippen LogP contribution in [0.2, 0.25) is 0 Å². The molecule has 0 fully saturated rings. The van der Waals surface area contributed by atoms with E-state index in [1.54, 1.807) is 0 Å². The summed E-state index contributed by atoms with van der Waals surface area (Å²) in [5.41, 5.74) is 7.27. The van der Waals surface area contributed by atoms with Crippen molar-refractivity contribution < 1.29 is 107 Å². The fourth-order valence-electron chi connectivity index (χ4n) is 0.177. The maximum Gasteiger partial charge on any atom is 4.00 e. The van der Waals surface area contributed by atoms with Crippen LogP contribution in [0.1, 0.15) is 6.42 Å². The minimum absolute atomic E-state index is 0. The van der Waals surface area contributed by atoms with E-state index in [0.717, 1.165) is 13.1 Å². The number of quaternary nitrogens is 2. The van der Waals surface area contributed by atoms with E-state index < -0.39 is 31.2 Å². The van der Waals surface area contributed by atoms with Gasteiger partial charge < -0.3 is 55.2 Å². The molecule has 0 radical (unpaired) electrons. The predicted molar refractivity (Wildman–Crippen MR) is 66.2 cm³/mol. The van der Waals surface area contributed by atoms with Gasteiger partial charge in [0, 0.05) is 37.6 Å². The average Bonchev–Trinajstić information content (AvgIpc) is 1.94. The molecule has 0 spiro atoms. The summed E-state index contributed by atoms with van der Waals surface area (Å²) in [5.74, 6) is 0. The van der Waals surface area contributed by atoms with Crippen molar-refractivity contribution in [3.63, 3.8) is 0 Å². The third-order valence-corrected chi connectivity index (χ3v) is 0.500. The Balaban J connectivity index is -0.0000000225. The van der Waals surface area contributed by atoms with Crippen LogP contribution in [0, 0.1) is 0 Å². The standard InChI is InChI=1S/C3H10N2.3H2O4S.3H2O.Zr/c4-2-1-3-5;3*1-5(2,3)4;;;;/h1-5H2;3*(H2,1,2,3,4);3*1H2;/q;;;;;;;+4/p-1. The zero-order chi connectivity index (χ0) is 17.6. The molecule has 0 bridgehead atoms. The van der Waals surface area contributed by atoms with Crippen LogP contribution in [0.4, 0.5) is 0 Å². The summed E-state index contributed by atoms with van der Waals surface area (Å²) in [6.45, 7) is 2.06. The Labute approximate surface area is 157 Å². The van der Waals surface area contributed by atoms with Gasteiger partial charge in [0.15, 0.2) is 0 Å². The van der Waals surface area contributed by atoms with Gasteiger partial charge in [0.25, 0.3) is 0 Å². The van der Waals surface area contributed by atoms with E-state index in [4.69, 9.17) is 52.6 Å². The molecule has 17 nitrogen and oxygen atoms in total. The first kappa shape index (κ1) is 49.7. The van der Waals surface area contributed by atoms with Gasteiger partial charge >= 0.3 is 26.2 Å². The van der Waals surface area contributed by atoms with E-state index in [9.17, 15) is 0 Å². The van der Waals surface area contributed by atoms with Crippen LogP contribution in [-0.4, -0.2) is 65.7 Å². The van der Waals surface area contributed by atoms with Gasteiger partial charge in [0.05, 0.1) is 13.1 Å². The molecule has 0 aromatic rings. The first-order chi connectivity index (χ1) is 8.41. The monoisotopic (exact) mass is 511 g/mol. The van der Waals surface area contributed by atoms with E-state index >= 15 is 0 Å². The maximum absolute atomic E-state index is 8.52. The average molecular weight is 513 g/mol. The van der Waals surface area contributed by atoms with Gasteiger partial charge in [-0.2, -0.15) is 0 Å². The van der Waals surface area contributed by atoms with Crippen LogP contribution in [-0.2, 0) is 73.8 Å². The molecule has 0 aromatic heterocycles. The SMILES string of the molecule is O=S(=O)([O-])[O-].O=S(=O)([O-])[O-].O=S(=O)([O-])[O-].[NH3+]CCC[NH3+].[OH3+].[OH3+].[OH3+].[Zr+4]. The molecular weight excluding hydrogens is 491 g/mol. The summed E-state index contributed by atoms with van der Waals surface area (Å²) in [5, 5.41) is 0. The fraction of sp³-hybridized carbons (Fsp3) is 1.00. The van der Waals surface area contributed by atoms with Gasteiger partial charge in [-0.3, -0.25) is 25.3 Å². The molecule has 0 aromatic carbocycles. The van der Waals surface area contributed by atoms with Crippen LogP contribution in [0.25, 0.3) is 0 Å². The molecule has 21 heteroatoms. The van der Waals surface area contributed by atoms with E-state index in [1.807, 2.05) is 0 Å². The van der Waals surface area contributed by atoms with Gasteiger partial charge in [-0.1, -0.05) is 0 Å². The summed E-state index contributed by atoms with van der Waals surface area (Å²) in [6, 6.07) is 0. The van der Waals surface area contributed by atoms with Crippen LogP contribution in [0.15, 0.2) is 0 Å².